The van der Waals surface area contributed by atoms with Gasteiger partial charge in [0.2, 0.25) is 5.91 Å². The van der Waals surface area contributed by atoms with Crippen LogP contribution in [0.5, 0.6) is 5.75 Å². The Morgan fingerprint density at radius 2 is 2.23 bits per heavy atom. The summed E-state index contributed by atoms with van der Waals surface area (Å²) >= 11 is 1.18. The lowest BCUT2D eigenvalue weighted by Gasteiger charge is -2.08. The number of phenolic OH excluding ortho intramolecular Hbond substituents is 1. The number of aromatic hydroxyl groups is 1. The van der Waals surface area contributed by atoms with Crippen LogP contribution in [-0.4, -0.2) is 33.9 Å². The lowest BCUT2D eigenvalue weighted by molar-refractivity contribution is -0.114. The summed E-state index contributed by atoms with van der Waals surface area (Å²) < 4.78 is 8.97. The number of fused-ring (bicyclic) bond motifs is 1. The molecule has 26 heavy (non-hydrogen) atoms. The number of nitrogens with one attached hydrogen (secondary N) is 1. The van der Waals surface area contributed by atoms with E-state index in [2.05, 4.69) is 29.9 Å². The second kappa shape index (κ2) is 7.66. The molecule has 2 aromatic heterocycles. The fourth-order valence-electron chi connectivity index (χ4n) is 2.10. The van der Waals surface area contributed by atoms with E-state index in [9.17, 15) is 9.90 Å². The molecule has 132 valence electrons. The number of ether oxygens (including phenoxy) is 1. The van der Waals surface area contributed by atoms with Gasteiger partial charge < -0.3 is 15.2 Å². The molecule has 0 aliphatic carbocycles. The third kappa shape index (κ3) is 3.81. The van der Waals surface area contributed by atoms with Crippen molar-refractivity contribution in [2.24, 2.45) is 15.2 Å². The van der Waals surface area contributed by atoms with Crippen LogP contribution in [0.4, 0.5) is 22.1 Å². The second-order valence-electron chi connectivity index (χ2n) is 5.07. The normalized spacial score (nSPS) is 11.5. The van der Waals surface area contributed by atoms with Crippen LogP contribution in [0.3, 0.4) is 0 Å². The molecule has 3 aromatic rings. The van der Waals surface area contributed by atoms with Crippen molar-refractivity contribution < 1.29 is 14.6 Å². The Hall–Kier alpha value is -3.40. The average molecular weight is 370 g/mol. The van der Waals surface area contributed by atoms with Crippen molar-refractivity contribution in [1.29, 1.82) is 0 Å². The molecule has 2 heterocycles. The molecule has 0 aliphatic heterocycles. The Morgan fingerprint density at radius 1 is 1.38 bits per heavy atom. The fourth-order valence-corrected chi connectivity index (χ4v) is 2.76. The number of nitrogens with zero attached hydrogens (tertiary/aromatic N) is 5. The van der Waals surface area contributed by atoms with Gasteiger partial charge in [-0.05, 0) is 35.8 Å². The number of aromatic nitrogens is 2. The van der Waals surface area contributed by atoms with Crippen LogP contribution in [0.2, 0.25) is 0 Å². The van der Waals surface area contributed by atoms with E-state index in [-0.39, 0.29) is 23.0 Å². The summed E-state index contributed by atoms with van der Waals surface area (Å²) in [5.74, 6) is -0.532. The number of anilines is 1. The molecular formula is C16H14N6O3S. The highest BCUT2D eigenvalue weighted by atomic mass is 32.1. The number of phenols is 1. The van der Waals surface area contributed by atoms with Gasteiger partial charge in [-0.25, -0.2) is 9.98 Å². The summed E-state index contributed by atoms with van der Waals surface area (Å²) in [6.07, 6.45) is 2.82. The van der Waals surface area contributed by atoms with E-state index in [0.717, 1.165) is 11.8 Å². The molecule has 0 unspecified atom stereocenters. The summed E-state index contributed by atoms with van der Waals surface area (Å²) in [5.41, 5.74) is 1.35. The number of hydrogen-bond acceptors (Lipinski definition) is 9. The summed E-state index contributed by atoms with van der Waals surface area (Å²) in [6, 6.07) is 6.66. The van der Waals surface area contributed by atoms with Crippen molar-refractivity contribution >= 4 is 56.9 Å². The van der Waals surface area contributed by atoms with E-state index in [1.807, 2.05) is 6.07 Å². The zero-order valence-electron chi connectivity index (χ0n) is 13.9. The molecule has 0 fully saturated rings. The maximum Gasteiger partial charge on any atom is 0.221 e. The van der Waals surface area contributed by atoms with Gasteiger partial charge in [0.1, 0.15) is 5.69 Å². The number of methoxy groups -OCH3 is 1. The molecule has 1 aromatic carbocycles. The molecule has 9 nitrogen and oxygen atoms in total. The van der Waals surface area contributed by atoms with Gasteiger partial charge in [-0.2, -0.15) is 4.37 Å². The Kier molecular flexibility index (Phi) is 5.13. The number of benzene rings is 1. The van der Waals surface area contributed by atoms with Crippen molar-refractivity contribution in [2.75, 3.05) is 12.4 Å². The van der Waals surface area contributed by atoms with Crippen LogP contribution in [0.25, 0.3) is 11.0 Å². The smallest absolute Gasteiger partial charge is 0.221 e. The fraction of sp³-hybridized carbons (Fsp3) is 0.125. The maximum atomic E-state index is 11.3. The van der Waals surface area contributed by atoms with E-state index in [1.165, 1.54) is 37.7 Å². The molecule has 0 spiro atoms. The maximum absolute atomic E-state index is 11.3. The van der Waals surface area contributed by atoms with Gasteiger partial charge in [0, 0.05) is 13.1 Å². The van der Waals surface area contributed by atoms with E-state index in [4.69, 9.17) is 4.74 Å². The Labute approximate surface area is 152 Å². The molecule has 0 aliphatic rings. The molecule has 0 saturated heterocycles. The Bertz CT molecular complexity index is 1010. The number of carbonyl (C=O) groups is 1. The molecule has 0 saturated carbocycles. The van der Waals surface area contributed by atoms with Gasteiger partial charge in [0.15, 0.2) is 22.8 Å². The first-order valence-corrected chi connectivity index (χ1v) is 8.18. The monoisotopic (exact) mass is 370 g/mol. The number of hydrogen-bond donors (Lipinski definition) is 2. The van der Waals surface area contributed by atoms with Crippen LogP contribution < -0.4 is 5.32 Å². The topological polar surface area (TPSA) is 121 Å². The number of aliphatic imine (C=N–C) groups is 1. The number of pyridine rings is 1. The van der Waals surface area contributed by atoms with Crippen LogP contribution >= 0.6 is 11.5 Å². The number of amides is 1. The predicted octanol–water partition coefficient (Wildman–Crippen LogP) is 4.08. The molecule has 1 amide bonds. The third-order valence-electron chi connectivity index (χ3n) is 3.17. The predicted molar refractivity (Wildman–Crippen MR) is 99.2 cm³/mol. The number of rotatable bonds is 5. The number of carbonyl (C=O) groups excluding carboxylic acids is 1. The van der Waals surface area contributed by atoms with Gasteiger partial charge in [0.25, 0.3) is 0 Å². The Morgan fingerprint density at radius 3 is 3.00 bits per heavy atom. The van der Waals surface area contributed by atoms with Gasteiger partial charge in [-0.3, -0.25) is 4.79 Å². The minimum atomic E-state index is -0.337. The molecule has 0 atom stereocenters. The zero-order chi connectivity index (χ0) is 18.5. The van der Waals surface area contributed by atoms with Crippen molar-refractivity contribution in [1.82, 2.24) is 9.36 Å². The molecule has 2 N–H and O–H groups in total. The van der Waals surface area contributed by atoms with Crippen LogP contribution in [0.15, 0.2) is 45.7 Å². The van der Waals surface area contributed by atoms with Crippen LogP contribution in [-0.2, 0) is 9.53 Å². The van der Waals surface area contributed by atoms with E-state index < -0.39 is 0 Å². The highest BCUT2D eigenvalue weighted by Gasteiger charge is 2.11. The summed E-state index contributed by atoms with van der Waals surface area (Å²) in [5, 5.41) is 22.5. The molecular weight excluding hydrogens is 356 g/mol. The first kappa shape index (κ1) is 17.4. The van der Waals surface area contributed by atoms with Crippen LogP contribution in [0.1, 0.15) is 6.92 Å². The van der Waals surface area contributed by atoms with Gasteiger partial charge in [-0.15, -0.1) is 10.2 Å². The van der Waals surface area contributed by atoms with Crippen molar-refractivity contribution in [3.63, 3.8) is 0 Å². The minimum absolute atomic E-state index is 0.174. The second-order valence-corrected chi connectivity index (χ2v) is 5.83. The highest BCUT2D eigenvalue weighted by Crippen LogP contribution is 2.39. The average Bonchev–Trinajstić information content (AvgIpc) is 3.04. The first-order valence-electron chi connectivity index (χ1n) is 7.40. The van der Waals surface area contributed by atoms with Gasteiger partial charge in [0.05, 0.1) is 23.9 Å². The highest BCUT2D eigenvalue weighted by molar-refractivity contribution is 7.11. The summed E-state index contributed by atoms with van der Waals surface area (Å²) in [4.78, 5) is 19.5. The quantitative estimate of drug-likeness (QED) is 0.303. The largest absolute Gasteiger partial charge is 0.504 e. The summed E-state index contributed by atoms with van der Waals surface area (Å²) in [7, 11) is 1.43. The third-order valence-corrected chi connectivity index (χ3v) is 3.91. The van der Waals surface area contributed by atoms with E-state index in [1.54, 1.807) is 12.3 Å². The van der Waals surface area contributed by atoms with E-state index >= 15 is 0 Å². The van der Waals surface area contributed by atoms with Gasteiger partial charge in [-0.1, -0.05) is 0 Å². The minimum Gasteiger partial charge on any atom is -0.504 e. The summed E-state index contributed by atoms with van der Waals surface area (Å²) in [6.45, 7) is 1.34. The lowest BCUT2D eigenvalue weighted by atomic mass is 10.2. The number of azo groups is 1. The van der Waals surface area contributed by atoms with Crippen LogP contribution in [0, 0.1) is 0 Å². The molecule has 0 radical (unpaired) electrons. The van der Waals surface area contributed by atoms with Crippen molar-refractivity contribution in [2.45, 2.75) is 6.92 Å². The molecule has 0 bridgehead atoms. The van der Waals surface area contributed by atoms with Gasteiger partial charge >= 0.3 is 0 Å². The molecule has 10 heteroatoms. The first-order chi connectivity index (χ1) is 12.6. The Balaban J connectivity index is 2.00. The standard InChI is InChI=1S/C16H14N6O3S/c1-9(23)19-13-7-10(6-12(14(13)24)18-8-25-2)20-21-16-11-4-3-5-17-15(11)22-26-16/h3-8,24H,1-2H3,(H,19,23). The van der Waals surface area contributed by atoms with Crippen molar-refractivity contribution in [3.8, 4) is 5.75 Å². The molecule has 3 rings (SSSR count). The SMILES string of the molecule is COC=Nc1cc(N=Nc2snc3ncccc23)cc(NC(C)=O)c1O. The van der Waals surface area contributed by atoms with Crippen molar-refractivity contribution in [3.05, 3.63) is 30.5 Å². The zero-order valence-corrected chi connectivity index (χ0v) is 14.7. The lowest BCUT2D eigenvalue weighted by Crippen LogP contribution is -2.05. The van der Waals surface area contributed by atoms with E-state index in [0.29, 0.717) is 16.3 Å².